The number of nitrogens with zero attached hydrogens (tertiary/aromatic N) is 3. The van der Waals surface area contributed by atoms with Crippen LogP contribution < -0.4 is 10.1 Å². The van der Waals surface area contributed by atoms with E-state index in [1.54, 1.807) is 6.92 Å². The van der Waals surface area contributed by atoms with Crippen LogP contribution in [0.25, 0.3) is 0 Å². The van der Waals surface area contributed by atoms with Gasteiger partial charge in [0.15, 0.2) is 0 Å². The number of nitro groups is 1. The molecule has 7 nitrogen and oxygen atoms in total. The zero-order chi connectivity index (χ0) is 15.2. The number of hydrogen-bond acceptors (Lipinski definition) is 6. The van der Waals surface area contributed by atoms with Crippen molar-refractivity contribution in [2.75, 3.05) is 19.0 Å². The SMILES string of the molecule is COc1nc(C)nc(NCCc2ccccc2)c1[N+](=O)[O-]. The monoisotopic (exact) mass is 288 g/mol. The lowest BCUT2D eigenvalue weighted by Gasteiger charge is -2.09. The highest BCUT2D eigenvalue weighted by molar-refractivity contribution is 5.61. The highest BCUT2D eigenvalue weighted by atomic mass is 16.6. The number of anilines is 1. The van der Waals surface area contributed by atoms with Crippen molar-refractivity contribution in [1.29, 1.82) is 0 Å². The Balaban J connectivity index is 2.15. The first-order valence-corrected chi connectivity index (χ1v) is 6.46. The minimum atomic E-state index is -0.539. The summed E-state index contributed by atoms with van der Waals surface area (Å²) < 4.78 is 4.96. The summed E-state index contributed by atoms with van der Waals surface area (Å²) in [4.78, 5) is 18.6. The van der Waals surface area contributed by atoms with Crippen molar-refractivity contribution in [3.8, 4) is 5.88 Å². The molecule has 110 valence electrons. The minimum Gasteiger partial charge on any atom is -0.476 e. The number of nitrogens with one attached hydrogen (secondary N) is 1. The van der Waals surface area contributed by atoms with Crippen molar-refractivity contribution >= 4 is 11.5 Å². The summed E-state index contributed by atoms with van der Waals surface area (Å²) >= 11 is 0. The van der Waals surface area contributed by atoms with Gasteiger partial charge in [-0.1, -0.05) is 30.3 Å². The summed E-state index contributed by atoms with van der Waals surface area (Å²) in [6.07, 6.45) is 0.739. The number of benzene rings is 1. The van der Waals surface area contributed by atoms with Gasteiger partial charge in [-0.05, 0) is 18.9 Å². The van der Waals surface area contributed by atoms with Gasteiger partial charge in [0, 0.05) is 6.54 Å². The van der Waals surface area contributed by atoms with Gasteiger partial charge in [0.2, 0.25) is 5.82 Å². The van der Waals surface area contributed by atoms with Crippen LogP contribution in [-0.2, 0) is 6.42 Å². The average molecular weight is 288 g/mol. The Hall–Kier alpha value is -2.70. The number of ether oxygens (including phenoxy) is 1. The molecule has 2 rings (SSSR count). The Morgan fingerprint density at radius 2 is 2.00 bits per heavy atom. The lowest BCUT2D eigenvalue weighted by atomic mass is 10.1. The summed E-state index contributed by atoms with van der Waals surface area (Å²) in [6, 6.07) is 9.86. The summed E-state index contributed by atoms with van der Waals surface area (Å²) in [7, 11) is 1.35. The molecule has 1 N–H and O–H groups in total. The summed E-state index contributed by atoms with van der Waals surface area (Å²) in [5, 5.41) is 14.1. The van der Waals surface area contributed by atoms with Crippen molar-refractivity contribution < 1.29 is 9.66 Å². The fourth-order valence-electron chi connectivity index (χ4n) is 1.94. The van der Waals surface area contributed by atoms with Crippen LogP contribution in [0.5, 0.6) is 5.88 Å². The second-order valence-corrected chi connectivity index (χ2v) is 4.40. The first kappa shape index (κ1) is 14.7. The topological polar surface area (TPSA) is 90.2 Å². The van der Waals surface area contributed by atoms with E-state index in [4.69, 9.17) is 4.74 Å². The predicted molar refractivity (Wildman–Crippen MR) is 78.6 cm³/mol. The highest BCUT2D eigenvalue weighted by Gasteiger charge is 2.24. The Labute approximate surface area is 122 Å². The second kappa shape index (κ2) is 6.65. The molecule has 21 heavy (non-hydrogen) atoms. The van der Waals surface area contributed by atoms with E-state index in [0.29, 0.717) is 12.4 Å². The van der Waals surface area contributed by atoms with Gasteiger partial charge in [0.05, 0.1) is 12.0 Å². The maximum atomic E-state index is 11.2. The Bertz CT molecular complexity index is 632. The lowest BCUT2D eigenvalue weighted by Crippen LogP contribution is -2.11. The quantitative estimate of drug-likeness (QED) is 0.648. The molecule has 0 saturated heterocycles. The highest BCUT2D eigenvalue weighted by Crippen LogP contribution is 2.31. The van der Waals surface area contributed by atoms with Crippen LogP contribution in [0.4, 0.5) is 11.5 Å². The van der Waals surface area contributed by atoms with Crippen LogP contribution in [0.2, 0.25) is 0 Å². The molecule has 0 radical (unpaired) electrons. The van der Waals surface area contributed by atoms with Crippen molar-refractivity contribution in [2.24, 2.45) is 0 Å². The summed E-state index contributed by atoms with van der Waals surface area (Å²) in [6.45, 7) is 2.19. The summed E-state index contributed by atoms with van der Waals surface area (Å²) in [5.41, 5.74) is 0.904. The maximum absolute atomic E-state index is 11.2. The van der Waals surface area contributed by atoms with Crippen LogP contribution in [0.1, 0.15) is 11.4 Å². The van der Waals surface area contributed by atoms with Gasteiger partial charge in [0.1, 0.15) is 5.82 Å². The average Bonchev–Trinajstić information content (AvgIpc) is 2.47. The van der Waals surface area contributed by atoms with Gasteiger partial charge in [-0.15, -0.1) is 0 Å². The standard InChI is InChI=1S/C14H16N4O3/c1-10-16-13(12(18(19)20)14(17-10)21-2)15-9-8-11-6-4-3-5-7-11/h3-7H,8-9H2,1-2H3,(H,15,16,17). The van der Waals surface area contributed by atoms with Crippen LogP contribution in [0.15, 0.2) is 30.3 Å². The van der Waals surface area contributed by atoms with Gasteiger partial charge < -0.3 is 10.1 Å². The van der Waals surface area contributed by atoms with Gasteiger partial charge in [0.25, 0.3) is 5.88 Å². The molecule has 2 aromatic rings. The Morgan fingerprint density at radius 3 is 2.62 bits per heavy atom. The van der Waals surface area contributed by atoms with E-state index in [1.807, 2.05) is 30.3 Å². The zero-order valence-electron chi connectivity index (χ0n) is 11.9. The second-order valence-electron chi connectivity index (χ2n) is 4.40. The molecule has 1 aromatic heterocycles. The maximum Gasteiger partial charge on any atom is 0.372 e. The number of rotatable bonds is 6. The van der Waals surface area contributed by atoms with Crippen LogP contribution in [0.3, 0.4) is 0 Å². The molecule has 1 heterocycles. The minimum absolute atomic E-state index is 0.0327. The fourth-order valence-corrected chi connectivity index (χ4v) is 1.94. The van der Waals surface area contributed by atoms with Crippen molar-refractivity contribution in [2.45, 2.75) is 13.3 Å². The van der Waals surface area contributed by atoms with Crippen molar-refractivity contribution in [1.82, 2.24) is 9.97 Å². The molecule has 0 saturated carbocycles. The van der Waals surface area contributed by atoms with E-state index in [1.165, 1.54) is 7.11 Å². The third-order valence-electron chi connectivity index (χ3n) is 2.89. The van der Waals surface area contributed by atoms with Crippen molar-refractivity contribution in [3.05, 3.63) is 51.8 Å². The first-order chi connectivity index (χ1) is 10.1. The molecular weight excluding hydrogens is 272 g/mol. The van der Waals surface area contributed by atoms with Gasteiger partial charge in [-0.25, -0.2) is 4.98 Å². The van der Waals surface area contributed by atoms with Gasteiger partial charge in [-0.2, -0.15) is 4.98 Å². The van der Waals surface area contributed by atoms with Gasteiger partial charge in [-0.3, -0.25) is 10.1 Å². The molecule has 0 atom stereocenters. The molecule has 0 amide bonds. The van der Waals surface area contributed by atoms with E-state index in [2.05, 4.69) is 15.3 Å². The molecule has 0 aliphatic heterocycles. The normalized spacial score (nSPS) is 10.2. The van der Waals surface area contributed by atoms with Gasteiger partial charge >= 0.3 is 5.69 Å². The molecular formula is C14H16N4O3. The third-order valence-corrected chi connectivity index (χ3v) is 2.89. The van der Waals surface area contributed by atoms with E-state index in [0.717, 1.165) is 12.0 Å². The van der Waals surface area contributed by atoms with E-state index >= 15 is 0 Å². The number of aromatic nitrogens is 2. The van der Waals surface area contributed by atoms with E-state index in [-0.39, 0.29) is 17.4 Å². The predicted octanol–water partition coefficient (Wildman–Crippen LogP) is 2.36. The molecule has 1 aromatic carbocycles. The molecule has 0 aliphatic rings. The number of methoxy groups -OCH3 is 1. The zero-order valence-corrected chi connectivity index (χ0v) is 11.9. The Morgan fingerprint density at radius 1 is 1.29 bits per heavy atom. The Kier molecular flexibility index (Phi) is 4.65. The number of hydrogen-bond donors (Lipinski definition) is 1. The van der Waals surface area contributed by atoms with E-state index < -0.39 is 4.92 Å². The number of aryl methyl sites for hydroxylation is 1. The van der Waals surface area contributed by atoms with E-state index in [9.17, 15) is 10.1 Å². The molecule has 7 heteroatoms. The van der Waals surface area contributed by atoms with Crippen molar-refractivity contribution in [3.63, 3.8) is 0 Å². The van der Waals surface area contributed by atoms with Crippen LogP contribution in [0, 0.1) is 17.0 Å². The fraction of sp³-hybridized carbons (Fsp3) is 0.286. The molecule has 0 aliphatic carbocycles. The lowest BCUT2D eigenvalue weighted by molar-refractivity contribution is -0.385. The summed E-state index contributed by atoms with van der Waals surface area (Å²) in [5.74, 6) is 0.564. The smallest absolute Gasteiger partial charge is 0.372 e. The molecule has 0 bridgehead atoms. The largest absolute Gasteiger partial charge is 0.476 e. The van der Waals surface area contributed by atoms with Crippen LogP contribution in [-0.4, -0.2) is 28.5 Å². The van der Waals surface area contributed by atoms with Crippen LogP contribution >= 0.6 is 0 Å². The third kappa shape index (κ3) is 3.65. The molecule has 0 spiro atoms. The first-order valence-electron chi connectivity index (χ1n) is 6.46. The molecule has 0 fully saturated rings. The molecule has 0 unspecified atom stereocenters.